The lowest BCUT2D eigenvalue weighted by Gasteiger charge is -2.08. The minimum atomic E-state index is -4.58. The van der Waals surface area contributed by atoms with Gasteiger partial charge in [0.05, 0.1) is 11.3 Å². The highest BCUT2D eigenvalue weighted by atomic mass is 19.4. The molecule has 88 valence electrons. The molecule has 0 spiro atoms. The van der Waals surface area contributed by atoms with Gasteiger partial charge in [0.15, 0.2) is 0 Å². The maximum Gasteiger partial charge on any atom is 0.416 e. The Morgan fingerprint density at radius 2 is 1.88 bits per heavy atom. The van der Waals surface area contributed by atoms with Gasteiger partial charge in [0, 0.05) is 5.56 Å². The molecule has 1 aromatic carbocycles. The summed E-state index contributed by atoms with van der Waals surface area (Å²) in [5.41, 5.74) is -0.838. The first-order chi connectivity index (χ1) is 7.34. The molecular weight excluding hydrogens is 226 g/mol. The van der Waals surface area contributed by atoms with E-state index in [2.05, 4.69) is 9.99 Å². The van der Waals surface area contributed by atoms with Gasteiger partial charge in [-0.15, -0.1) is 0 Å². The average molecular weight is 235 g/mol. The Morgan fingerprint density at radius 1 is 1.25 bits per heavy atom. The Hall–Kier alpha value is -1.59. The van der Waals surface area contributed by atoms with Gasteiger partial charge in [-0.05, 0) is 25.1 Å². The van der Waals surface area contributed by atoms with E-state index < -0.39 is 17.6 Å². The zero-order valence-electron chi connectivity index (χ0n) is 8.60. The predicted molar refractivity (Wildman–Crippen MR) is 50.6 cm³/mol. The zero-order valence-corrected chi connectivity index (χ0v) is 8.60. The number of rotatable bonds is 2. The molecule has 6 heteroatoms. The normalized spacial score (nSPS) is 12.8. The van der Waals surface area contributed by atoms with Crippen molar-refractivity contribution >= 4 is 5.71 Å². The molecule has 0 aliphatic rings. The first-order valence-corrected chi connectivity index (χ1v) is 4.30. The standard InChI is InChI=1S/C10H9F4NO/c1-6(15-16-2)7-3-8(10(12,13)14)5-9(11)4-7/h3-5H,1-2H3/b15-6+. The SMILES string of the molecule is CO/N=C(\C)c1cc(F)cc(C(F)(F)F)c1. The van der Waals surface area contributed by atoms with E-state index in [0.717, 1.165) is 12.1 Å². The van der Waals surface area contributed by atoms with Crippen LogP contribution in [0.1, 0.15) is 18.1 Å². The van der Waals surface area contributed by atoms with E-state index in [1.807, 2.05) is 0 Å². The molecule has 0 unspecified atom stereocenters. The van der Waals surface area contributed by atoms with E-state index >= 15 is 0 Å². The van der Waals surface area contributed by atoms with Gasteiger partial charge in [-0.3, -0.25) is 0 Å². The van der Waals surface area contributed by atoms with Crippen molar-refractivity contribution in [3.63, 3.8) is 0 Å². The maximum atomic E-state index is 13.0. The number of oxime groups is 1. The second kappa shape index (κ2) is 4.51. The molecule has 2 nitrogen and oxygen atoms in total. The quantitative estimate of drug-likeness (QED) is 0.438. The number of hydrogen-bond acceptors (Lipinski definition) is 2. The molecule has 0 aromatic heterocycles. The fourth-order valence-electron chi connectivity index (χ4n) is 1.15. The van der Waals surface area contributed by atoms with Crippen molar-refractivity contribution < 1.29 is 22.4 Å². The van der Waals surface area contributed by atoms with E-state index in [-0.39, 0.29) is 11.3 Å². The van der Waals surface area contributed by atoms with Crippen molar-refractivity contribution in [2.45, 2.75) is 13.1 Å². The molecule has 0 saturated carbocycles. The molecule has 0 saturated heterocycles. The van der Waals surface area contributed by atoms with E-state index in [0.29, 0.717) is 6.07 Å². The van der Waals surface area contributed by atoms with Crippen LogP contribution in [0.4, 0.5) is 17.6 Å². The lowest BCUT2D eigenvalue weighted by atomic mass is 10.1. The van der Waals surface area contributed by atoms with Gasteiger partial charge in [-0.2, -0.15) is 13.2 Å². The van der Waals surface area contributed by atoms with Gasteiger partial charge in [-0.25, -0.2) is 4.39 Å². The summed E-state index contributed by atoms with van der Waals surface area (Å²) in [5, 5.41) is 3.44. The molecule has 0 aliphatic heterocycles. The van der Waals surface area contributed by atoms with E-state index in [1.54, 1.807) is 0 Å². The van der Waals surface area contributed by atoms with Crippen LogP contribution in [0.25, 0.3) is 0 Å². The molecule has 0 radical (unpaired) electrons. The predicted octanol–water partition coefficient (Wildman–Crippen LogP) is 3.21. The third-order valence-corrected chi connectivity index (χ3v) is 1.87. The third-order valence-electron chi connectivity index (χ3n) is 1.87. The number of nitrogens with zero attached hydrogens (tertiary/aromatic N) is 1. The minimum absolute atomic E-state index is 0.0363. The monoisotopic (exact) mass is 235 g/mol. The van der Waals surface area contributed by atoms with Gasteiger partial charge < -0.3 is 4.84 Å². The molecule has 1 aromatic rings. The Balaban J connectivity index is 3.23. The van der Waals surface area contributed by atoms with Crippen LogP contribution in [0, 0.1) is 5.82 Å². The lowest BCUT2D eigenvalue weighted by molar-refractivity contribution is -0.137. The average Bonchev–Trinajstić information content (AvgIpc) is 2.16. The summed E-state index contributed by atoms with van der Waals surface area (Å²) in [7, 11) is 1.26. The van der Waals surface area contributed by atoms with Gasteiger partial charge in [0.2, 0.25) is 0 Å². The summed E-state index contributed by atoms with van der Waals surface area (Å²) in [6.45, 7) is 1.43. The molecule has 0 heterocycles. The van der Waals surface area contributed by atoms with E-state index in [9.17, 15) is 17.6 Å². The lowest BCUT2D eigenvalue weighted by Crippen LogP contribution is -2.08. The van der Waals surface area contributed by atoms with Crippen LogP contribution in [0.15, 0.2) is 23.4 Å². The molecule has 0 atom stereocenters. The van der Waals surface area contributed by atoms with Gasteiger partial charge >= 0.3 is 6.18 Å². The molecule has 0 amide bonds. The van der Waals surface area contributed by atoms with E-state index in [4.69, 9.17) is 0 Å². The Bertz CT molecular complexity index is 412. The summed E-state index contributed by atoms with van der Waals surface area (Å²) >= 11 is 0. The van der Waals surface area contributed by atoms with Crippen LogP contribution in [0.5, 0.6) is 0 Å². The maximum absolute atomic E-state index is 13.0. The summed E-state index contributed by atoms with van der Waals surface area (Å²) in [4.78, 5) is 4.41. The smallest absolute Gasteiger partial charge is 0.399 e. The summed E-state index contributed by atoms with van der Waals surface area (Å²) in [6.07, 6.45) is -4.58. The summed E-state index contributed by atoms with van der Waals surface area (Å²) in [5.74, 6) is -0.963. The van der Waals surface area contributed by atoms with Crippen molar-refractivity contribution in [1.82, 2.24) is 0 Å². The molecular formula is C10H9F4NO. The second-order valence-electron chi connectivity index (χ2n) is 3.09. The van der Waals surface area contributed by atoms with Gasteiger partial charge in [0.1, 0.15) is 12.9 Å². The first kappa shape index (κ1) is 12.5. The van der Waals surface area contributed by atoms with Crippen molar-refractivity contribution in [3.05, 3.63) is 35.1 Å². The number of halogens is 4. The minimum Gasteiger partial charge on any atom is -0.399 e. The largest absolute Gasteiger partial charge is 0.416 e. The Morgan fingerprint density at radius 3 is 2.38 bits per heavy atom. The van der Waals surface area contributed by atoms with Crippen molar-refractivity contribution in [3.8, 4) is 0 Å². The first-order valence-electron chi connectivity index (χ1n) is 4.30. The number of hydrogen-bond donors (Lipinski definition) is 0. The van der Waals surface area contributed by atoms with Crippen LogP contribution in [0.3, 0.4) is 0 Å². The molecule has 16 heavy (non-hydrogen) atoms. The fourth-order valence-corrected chi connectivity index (χ4v) is 1.15. The zero-order chi connectivity index (χ0) is 12.3. The third kappa shape index (κ3) is 2.95. The van der Waals surface area contributed by atoms with Gasteiger partial charge in [-0.1, -0.05) is 5.16 Å². The molecule has 0 bridgehead atoms. The molecule has 0 N–H and O–H groups in total. The number of benzene rings is 1. The fraction of sp³-hybridized carbons (Fsp3) is 0.300. The van der Waals surface area contributed by atoms with Crippen LogP contribution in [-0.4, -0.2) is 12.8 Å². The topological polar surface area (TPSA) is 21.6 Å². The van der Waals surface area contributed by atoms with Crippen molar-refractivity contribution in [2.75, 3.05) is 7.11 Å². The van der Waals surface area contributed by atoms with Crippen LogP contribution in [0.2, 0.25) is 0 Å². The molecule has 0 aliphatic carbocycles. The van der Waals surface area contributed by atoms with E-state index in [1.165, 1.54) is 14.0 Å². The van der Waals surface area contributed by atoms with Crippen LogP contribution < -0.4 is 0 Å². The van der Waals surface area contributed by atoms with Gasteiger partial charge in [0.25, 0.3) is 0 Å². The summed E-state index contributed by atoms with van der Waals surface area (Å²) in [6, 6.07) is 2.22. The van der Waals surface area contributed by atoms with Crippen LogP contribution >= 0.6 is 0 Å². The second-order valence-corrected chi connectivity index (χ2v) is 3.09. The van der Waals surface area contributed by atoms with Crippen molar-refractivity contribution in [2.24, 2.45) is 5.16 Å². The molecule has 1 rings (SSSR count). The number of alkyl halides is 3. The Kier molecular flexibility index (Phi) is 3.51. The van der Waals surface area contributed by atoms with Crippen LogP contribution in [-0.2, 0) is 11.0 Å². The van der Waals surface area contributed by atoms with Crippen molar-refractivity contribution in [1.29, 1.82) is 0 Å². The molecule has 0 fully saturated rings. The highest BCUT2D eigenvalue weighted by Gasteiger charge is 2.31. The highest BCUT2D eigenvalue weighted by Crippen LogP contribution is 2.30. The summed E-state index contributed by atoms with van der Waals surface area (Å²) < 4.78 is 50.0. The Labute approximate surface area is 89.5 Å². The highest BCUT2D eigenvalue weighted by molar-refractivity contribution is 5.98.